The highest BCUT2D eigenvalue weighted by molar-refractivity contribution is 5.99. The molecule has 1 aliphatic carbocycles. The fourth-order valence-corrected chi connectivity index (χ4v) is 4.36. The van der Waals surface area contributed by atoms with Crippen molar-refractivity contribution in [2.75, 3.05) is 6.61 Å². The number of hydrogen-bond acceptors (Lipinski definition) is 3. The fraction of sp³-hybridized carbons (Fsp3) is 0.852. The molecular formula is C27H48O4. The van der Waals surface area contributed by atoms with Gasteiger partial charge in [0.1, 0.15) is 0 Å². The van der Waals surface area contributed by atoms with Gasteiger partial charge in [-0.25, -0.2) is 9.59 Å². The lowest BCUT2D eigenvalue weighted by atomic mass is 9.92. The van der Waals surface area contributed by atoms with Gasteiger partial charge in [0.2, 0.25) is 0 Å². The summed E-state index contributed by atoms with van der Waals surface area (Å²) in [5.41, 5.74) is 0.655. The molecule has 0 saturated heterocycles. The van der Waals surface area contributed by atoms with Gasteiger partial charge < -0.3 is 9.84 Å². The molecule has 0 aromatic rings. The molecule has 0 heterocycles. The van der Waals surface area contributed by atoms with Crippen LogP contribution >= 0.6 is 0 Å². The molecule has 180 valence electrons. The normalized spacial score (nSPS) is 15.2. The smallest absolute Gasteiger partial charge is 0.334 e. The zero-order chi connectivity index (χ0) is 22.7. The summed E-state index contributed by atoms with van der Waals surface area (Å²) in [5, 5.41) is 9.22. The number of aliphatic carboxylic acids is 1. The molecule has 0 aliphatic heterocycles. The van der Waals surface area contributed by atoms with Crippen LogP contribution in [0.4, 0.5) is 0 Å². The van der Waals surface area contributed by atoms with Crippen LogP contribution in [-0.2, 0) is 14.3 Å². The van der Waals surface area contributed by atoms with E-state index in [1.165, 1.54) is 83.5 Å². The molecular weight excluding hydrogens is 388 g/mol. The minimum absolute atomic E-state index is 0.262. The number of unbranched alkanes of at least 4 members (excludes halogenated alkanes) is 12. The van der Waals surface area contributed by atoms with Gasteiger partial charge >= 0.3 is 11.9 Å². The quantitative estimate of drug-likeness (QED) is 0.165. The first kappa shape index (κ1) is 27.7. The summed E-state index contributed by atoms with van der Waals surface area (Å²) in [5.74, 6) is -0.474. The van der Waals surface area contributed by atoms with Crippen molar-refractivity contribution in [3.8, 4) is 0 Å². The summed E-state index contributed by atoms with van der Waals surface area (Å²) >= 11 is 0. The maximum Gasteiger partial charge on any atom is 0.334 e. The summed E-state index contributed by atoms with van der Waals surface area (Å²) in [6.45, 7) is 5.06. The SMILES string of the molecule is CCC(C)CCCCCCCCCCCCCCCOC(=O)C1=C(C(=O)O)CCCC1. The Labute approximate surface area is 191 Å². The highest BCUT2D eigenvalue weighted by atomic mass is 16.5. The van der Waals surface area contributed by atoms with Gasteiger partial charge in [-0.3, -0.25) is 0 Å². The second-order valence-corrected chi connectivity index (χ2v) is 9.50. The fourth-order valence-electron chi connectivity index (χ4n) is 4.36. The largest absolute Gasteiger partial charge is 0.478 e. The maximum atomic E-state index is 12.1. The van der Waals surface area contributed by atoms with Crippen LogP contribution in [-0.4, -0.2) is 23.7 Å². The third kappa shape index (κ3) is 13.6. The van der Waals surface area contributed by atoms with Crippen LogP contribution in [0.25, 0.3) is 0 Å². The highest BCUT2D eigenvalue weighted by Gasteiger charge is 2.24. The van der Waals surface area contributed by atoms with E-state index in [2.05, 4.69) is 13.8 Å². The molecule has 1 atom stereocenters. The summed E-state index contributed by atoms with van der Waals surface area (Å²) in [7, 11) is 0. The van der Waals surface area contributed by atoms with E-state index in [4.69, 9.17) is 4.74 Å². The average Bonchev–Trinajstić information content (AvgIpc) is 2.78. The number of carbonyl (C=O) groups is 2. The zero-order valence-electron chi connectivity index (χ0n) is 20.4. The van der Waals surface area contributed by atoms with E-state index in [9.17, 15) is 14.7 Å². The van der Waals surface area contributed by atoms with Crippen molar-refractivity contribution in [1.82, 2.24) is 0 Å². The molecule has 4 heteroatoms. The molecule has 4 nitrogen and oxygen atoms in total. The van der Waals surface area contributed by atoms with Crippen LogP contribution in [0.2, 0.25) is 0 Å². The van der Waals surface area contributed by atoms with Gasteiger partial charge in [0, 0.05) is 11.1 Å². The lowest BCUT2D eigenvalue weighted by molar-refractivity contribution is -0.141. The third-order valence-corrected chi connectivity index (χ3v) is 6.74. The van der Waals surface area contributed by atoms with Crippen LogP contribution in [0.5, 0.6) is 0 Å². The number of esters is 1. The minimum atomic E-state index is -0.969. The Morgan fingerprint density at radius 3 is 1.71 bits per heavy atom. The second-order valence-electron chi connectivity index (χ2n) is 9.50. The Morgan fingerprint density at radius 1 is 0.774 bits per heavy atom. The molecule has 0 radical (unpaired) electrons. The first-order valence-corrected chi connectivity index (χ1v) is 13.2. The standard InChI is InChI=1S/C27H48O4/c1-3-23(2)19-15-13-11-9-7-5-4-6-8-10-12-14-18-22-31-27(30)25-21-17-16-20-24(25)26(28)29/h23H,3-22H2,1-2H3,(H,28,29). The van der Waals surface area contributed by atoms with Gasteiger partial charge in [-0.2, -0.15) is 0 Å². The van der Waals surface area contributed by atoms with E-state index in [1.54, 1.807) is 0 Å². The lowest BCUT2D eigenvalue weighted by Crippen LogP contribution is -2.18. The van der Waals surface area contributed by atoms with Crippen molar-refractivity contribution in [1.29, 1.82) is 0 Å². The minimum Gasteiger partial charge on any atom is -0.478 e. The molecule has 1 N–H and O–H groups in total. The third-order valence-electron chi connectivity index (χ3n) is 6.74. The van der Waals surface area contributed by atoms with Crippen LogP contribution in [0.1, 0.15) is 136 Å². The predicted molar refractivity (Wildman–Crippen MR) is 128 cm³/mol. The number of rotatable bonds is 19. The van der Waals surface area contributed by atoms with E-state index in [0.29, 0.717) is 25.0 Å². The molecule has 0 aromatic carbocycles. The molecule has 0 aromatic heterocycles. The van der Waals surface area contributed by atoms with Crippen molar-refractivity contribution in [3.05, 3.63) is 11.1 Å². The Hall–Kier alpha value is -1.32. The first-order chi connectivity index (χ1) is 15.1. The monoisotopic (exact) mass is 436 g/mol. The van der Waals surface area contributed by atoms with E-state index < -0.39 is 11.9 Å². The van der Waals surface area contributed by atoms with E-state index in [-0.39, 0.29) is 5.57 Å². The lowest BCUT2D eigenvalue weighted by Gasteiger charge is -2.16. The number of carboxylic acid groups (broad SMARTS) is 1. The molecule has 0 amide bonds. The van der Waals surface area contributed by atoms with Crippen molar-refractivity contribution in [2.45, 2.75) is 136 Å². The molecule has 1 aliphatic rings. The van der Waals surface area contributed by atoms with Crippen LogP contribution in [0.3, 0.4) is 0 Å². The van der Waals surface area contributed by atoms with Crippen molar-refractivity contribution < 1.29 is 19.4 Å². The Bertz CT molecular complexity index is 523. The molecule has 0 bridgehead atoms. The van der Waals surface area contributed by atoms with Gasteiger partial charge in [0.15, 0.2) is 0 Å². The van der Waals surface area contributed by atoms with Gasteiger partial charge in [-0.05, 0) is 38.0 Å². The molecule has 31 heavy (non-hydrogen) atoms. The number of carboxylic acids is 1. The second kappa shape index (κ2) is 18.3. The van der Waals surface area contributed by atoms with Crippen LogP contribution in [0.15, 0.2) is 11.1 Å². The summed E-state index contributed by atoms with van der Waals surface area (Å²) < 4.78 is 5.33. The molecule has 1 rings (SSSR count). The molecule has 0 fully saturated rings. The van der Waals surface area contributed by atoms with E-state index >= 15 is 0 Å². The Morgan fingerprint density at radius 2 is 1.23 bits per heavy atom. The zero-order valence-corrected chi connectivity index (χ0v) is 20.4. The van der Waals surface area contributed by atoms with E-state index in [1.807, 2.05) is 0 Å². The average molecular weight is 437 g/mol. The summed E-state index contributed by atoms with van der Waals surface area (Å²) in [6.07, 6.45) is 22.3. The summed E-state index contributed by atoms with van der Waals surface area (Å²) in [4.78, 5) is 23.4. The molecule has 1 unspecified atom stereocenters. The van der Waals surface area contributed by atoms with Crippen molar-refractivity contribution in [2.24, 2.45) is 5.92 Å². The first-order valence-electron chi connectivity index (χ1n) is 13.2. The molecule has 0 saturated carbocycles. The van der Waals surface area contributed by atoms with Crippen molar-refractivity contribution >= 4 is 11.9 Å². The number of hydrogen-bond donors (Lipinski definition) is 1. The predicted octanol–water partition coefficient (Wildman–Crippen LogP) is 7.99. The van der Waals surface area contributed by atoms with Crippen molar-refractivity contribution in [3.63, 3.8) is 0 Å². The van der Waals surface area contributed by atoms with Gasteiger partial charge in [-0.1, -0.05) is 104 Å². The maximum absolute atomic E-state index is 12.1. The summed E-state index contributed by atoms with van der Waals surface area (Å²) in [6, 6.07) is 0. The van der Waals surface area contributed by atoms with E-state index in [0.717, 1.165) is 31.6 Å². The van der Waals surface area contributed by atoms with Gasteiger partial charge in [0.25, 0.3) is 0 Å². The van der Waals surface area contributed by atoms with Gasteiger partial charge in [-0.15, -0.1) is 0 Å². The number of ether oxygens (including phenoxy) is 1. The van der Waals surface area contributed by atoms with Gasteiger partial charge in [0.05, 0.1) is 6.61 Å². The number of carbonyl (C=O) groups excluding carboxylic acids is 1. The highest BCUT2D eigenvalue weighted by Crippen LogP contribution is 2.26. The van der Waals surface area contributed by atoms with Crippen LogP contribution in [0, 0.1) is 5.92 Å². The Balaban J connectivity index is 1.88. The Kier molecular flexibility index (Phi) is 16.3. The molecule has 0 spiro atoms. The topological polar surface area (TPSA) is 63.6 Å². The van der Waals surface area contributed by atoms with Crippen LogP contribution < -0.4 is 0 Å².